The Balaban J connectivity index is 5.51. The third kappa shape index (κ3) is 79.0. The van der Waals surface area contributed by atoms with Crippen LogP contribution in [0.2, 0.25) is 0 Å². The molecule has 0 saturated carbocycles. The summed E-state index contributed by atoms with van der Waals surface area (Å²) in [6.45, 7) is 4.64. The van der Waals surface area contributed by atoms with Crippen LogP contribution in [0.1, 0.15) is 336 Å². The molecule has 0 aliphatic rings. The minimum Gasteiger partial charge on any atom is -0.462 e. The molecule has 0 rings (SSSR count). The van der Waals surface area contributed by atoms with Crippen LogP contribution in [0.25, 0.3) is 0 Å². The summed E-state index contributed by atoms with van der Waals surface area (Å²) in [6.07, 6.45) is 92.7. The number of unbranched alkanes of at least 4 members (excludes halogenated alkanes) is 28. The topological polar surface area (TPSA) is 237 Å². The van der Waals surface area contributed by atoms with Crippen molar-refractivity contribution in [3.8, 4) is 0 Å². The van der Waals surface area contributed by atoms with Gasteiger partial charge in [-0.05, 0) is 135 Å². The van der Waals surface area contributed by atoms with Gasteiger partial charge in [0.05, 0.1) is 26.4 Å². The summed E-state index contributed by atoms with van der Waals surface area (Å²) in [7, 11) is -10.0. The molecule has 618 valence electrons. The maximum atomic E-state index is 13.1. The van der Waals surface area contributed by atoms with Gasteiger partial charge in [0.2, 0.25) is 0 Å². The van der Waals surface area contributed by atoms with E-state index in [0.717, 1.165) is 122 Å². The molecular weight excluding hydrogens is 1400 g/mol. The fourth-order valence-electron chi connectivity index (χ4n) is 10.9. The summed E-state index contributed by atoms with van der Waals surface area (Å²) in [4.78, 5) is 73.1. The number of aliphatic hydroxyl groups is 1. The normalized spacial score (nSPS) is 14.5. The van der Waals surface area contributed by atoms with Crippen LogP contribution in [0.5, 0.6) is 0 Å². The first-order valence-electron chi connectivity index (χ1n) is 42.1. The Morgan fingerprint density at radius 1 is 0.259 bits per heavy atom. The summed E-state index contributed by atoms with van der Waals surface area (Å²) >= 11 is 0. The number of aliphatic hydroxyl groups excluding tert-OH is 1. The van der Waals surface area contributed by atoms with Crippen molar-refractivity contribution in [2.75, 3.05) is 39.6 Å². The standard InChI is InChI=1S/C89H150O17P2/c1-5-9-13-17-21-25-29-33-37-39-41-43-47-50-54-58-62-66-70-74-87(92)100-80-84(105-88(93)75-71-67-63-59-55-51-46-36-32-28-24-20-16-12-8-4)81-103-107(95,96)101-77-83(90)78-102-108(97,98)104-82-85(79-99-86(91)73-69-65-61-57-53-49-45-35-31-27-23-19-15-11-7-3)106-89(94)76-72-68-64-60-56-52-48-44-42-40-38-34-30-26-22-18-14-10-6-2/h21-22,24-26,28,33-34,36-38,41-44,46,50,52,54,56,62,64,66,68,83-85,90H,5-20,23,27,29-32,35,39-40,45,47-49,51,53,55,57-61,63,65,67,69-82H2,1-4H3,(H,95,96)(H,97,98)/b25-21-,26-22-,28-24-,37-33-,38-34-,43-41-,44-42-,46-36-,54-50-,56-52-,66-62-,68-64-/t83-,84-,85-/m1/s1. The van der Waals surface area contributed by atoms with E-state index in [2.05, 4.69) is 143 Å². The molecule has 0 aromatic rings. The summed E-state index contributed by atoms with van der Waals surface area (Å²) in [6, 6.07) is 0. The van der Waals surface area contributed by atoms with E-state index in [1.165, 1.54) is 122 Å². The Bertz CT molecular complexity index is 2610. The van der Waals surface area contributed by atoms with E-state index in [9.17, 15) is 43.2 Å². The summed E-state index contributed by atoms with van der Waals surface area (Å²) in [5, 5.41) is 10.7. The van der Waals surface area contributed by atoms with Gasteiger partial charge >= 0.3 is 39.5 Å². The summed E-state index contributed by atoms with van der Waals surface area (Å²) in [5.74, 6) is -2.38. The zero-order valence-corrected chi connectivity index (χ0v) is 69.5. The van der Waals surface area contributed by atoms with Crippen molar-refractivity contribution in [3.05, 3.63) is 146 Å². The smallest absolute Gasteiger partial charge is 0.462 e. The van der Waals surface area contributed by atoms with E-state index in [1.807, 2.05) is 30.4 Å². The van der Waals surface area contributed by atoms with Crippen LogP contribution in [-0.4, -0.2) is 96.7 Å². The highest BCUT2D eigenvalue weighted by atomic mass is 31.2. The van der Waals surface area contributed by atoms with Crippen molar-refractivity contribution in [1.82, 2.24) is 0 Å². The molecule has 19 heteroatoms. The molecule has 0 bridgehead atoms. The van der Waals surface area contributed by atoms with E-state index >= 15 is 0 Å². The molecule has 0 heterocycles. The molecule has 0 fully saturated rings. The Morgan fingerprint density at radius 3 is 0.787 bits per heavy atom. The average Bonchev–Trinajstić information content (AvgIpc) is 0.914. The first-order valence-corrected chi connectivity index (χ1v) is 45.1. The fourth-order valence-corrected chi connectivity index (χ4v) is 12.4. The number of phosphoric ester groups is 2. The van der Waals surface area contributed by atoms with E-state index in [0.29, 0.717) is 38.5 Å². The Hall–Kier alpha value is -5.06. The maximum absolute atomic E-state index is 13.1. The number of carbonyl (C=O) groups is 4. The van der Waals surface area contributed by atoms with Crippen LogP contribution in [0.3, 0.4) is 0 Å². The second-order valence-electron chi connectivity index (χ2n) is 27.7. The van der Waals surface area contributed by atoms with E-state index in [1.54, 1.807) is 0 Å². The molecule has 108 heavy (non-hydrogen) atoms. The number of hydrogen-bond donors (Lipinski definition) is 3. The van der Waals surface area contributed by atoms with Crippen LogP contribution < -0.4 is 0 Å². The maximum Gasteiger partial charge on any atom is 0.472 e. The van der Waals surface area contributed by atoms with Gasteiger partial charge in [-0.15, -0.1) is 0 Å². The summed E-state index contributed by atoms with van der Waals surface area (Å²) in [5.41, 5.74) is 0. The van der Waals surface area contributed by atoms with Crippen LogP contribution in [0.15, 0.2) is 146 Å². The molecule has 0 radical (unpaired) electrons. The fraction of sp³-hybridized carbons (Fsp3) is 0.685. The van der Waals surface area contributed by atoms with Crippen molar-refractivity contribution in [2.24, 2.45) is 0 Å². The highest BCUT2D eigenvalue weighted by Gasteiger charge is 2.30. The van der Waals surface area contributed by atoms with Crippen molar-refractivity contribution >= 4 is 39.5 Å². The largest absolute Gasteiger partial charge is 0.472 e. The molecular formula is C89H150O17P2. The lowest BCUT2D eigenvalue weighted by molar-refractivity contribution is -0.161. The quantitative estimate of drug-likeness (QED) is 0.0169. The lowest BCUT2D eigenvalue weighted by Gasteiger charge is -2.21. The molecule has 0 aliphatic carbocycles. The van der Waals surface area contributed by atoms with Crippen LogP contribution in [-0.2, 0) is 65.4 Å². The van der Waals surface area contributed by atoms with Crippen molar-refractivity contribution in [2.45, 2.75) is 354 Å². The van der Waals surface area contributed by atoms with Gasteiger partial charge in [0, 0.05) is 25.7 Å². The molecule has 0 amide bonds. The minimum atomic E-state index is -5.01. The molecule has 3 N–H and O–H groups in total. The minimum absolute atomic E-state index is 0.0299. The molecule has 17 nitrogen and oxygen atoms in total. The SMILES string of the molecule is CCCCC/C=C\C/C=C\C/C=C\C/C=C\C/C=C\CCC(=O)OC[C@H](COP(=O)(O)OC[C@@H](O)COP(=O)(O)OC[C@@H](COC(=O)CCCCCCCCCCCCCCCCC)OC(=O)CC/C=C\C/C=C\C/C=C\C/C=C\C/C=C\CCCCC)OC(=O)CCCCCCC/C=C\C/C=C\CCCCC. The number of carbonyl (C=O) groups excluding carboxylic acids is 4. The lowest BCUT2D eigenvalue weighted by Crippen LogP contribution is -2.30. The summed E-state index contributed by atoms with van der Waals surface area (Å²) < 4.78 is 68.6. The average molecular weight is 1550 g/mol. The Kier molecular flexibility index (Phi) is 76.3. The number of allylic oxidation sites excluding steroid dienone is 24. The third-order valence-corrected chi connectivity index (χ3v) is 19.2. The highest BCUT2D eigenvalue weighted by molar-refractivity contribution is 7.47. The Labute approximate surface area is 656 Å². The second-order valence-corrected chi connectivity index (χ2v) is 30.6. The lowest BCUT2D eigenvalue weighted by atomic mass is 10.0. The molecule has 2 unspecified atom stereocenters. The zero-order chi connectivity index (χ0) is 78.9. The number of phosphoric acid groups is 2. The van der Waals surface area contributed by atoms with Gasteiger partial charge in [-0.1, -0.05) is 321 Å². The zero-order valence-electron chi connectivity index (χ0n) is 67.7. The van der Waals surface area contributed by atoms with Gasteiger partial charge in [-0.3, -0.25) is 37.3 Å². The van der Waals surface area contributed by atoms with Crippen molar-refractivity contribution < 1.29 is 80.2 Å². The van der Waals surface area contributed by atoms with Crippen molar-refractivity contribution in [1.29, 1.82) is 0 Å². The monoisotopic (exact) mass is 1550 g/mol. The van der Waals surface area contributed by atoms with E-state index in [-0.39, 0.29) is 25.7 Å². The number of ether oxygens (including phenoxy) is 4. The van der Waals surface area contributed by atoms with Crippen LogP contribution in [0.4, 0.5) is 0 Å². The molecule has 0 aliphatic heterocycles. The molecule has 0 saturated heterocycles. The van der Waals surface area contributed by atoms with Crippen molar-refractivity contribution in [3.63, 3.8) is 0 Å². The van der Waals surface area contributed by atoms with Gasteiger partial charge in [-0.2, -0.15) is 0 Å². The first kappa shape index (κ1) is 103. The van der Waals surface area contributed by atoms with Gasteiger partial charge in [0.1, 0.15) is 19.3 Å². The third-order valence-electron chi connectivity index (χ3n) is 17.3. The molecule has 5 atom stereocenters. The molecule has 0 aromatic heterocycles. The predicted octanol–water partition coefficient (Wildman–Crippen LogP) is 25.0. The van der Waals surface area contributed by atoms with E-state index in [4.69, 9.17) is 37.0 Å². The number of esters is 4. The van der Waals surface area contributed by atoms with E-state index < -0.39 is 97.5 Å². The first-order chi connectivity index (χ1) is 52.7. The predicted molar refractivity (Wildman–Crippen MR) is 445 cm³/mol. The van der Waals surface area contributed by atoms with Crippen LogP contribution in [0, 0.1) is 0 Å². The van der Waals surface area contributed by atoms with Gasteiger partial charge in [0.25, 0.3) is 0 Å². The highest BCUT2D eigenvalue weighted by Crippen LogP contribution is 2.45. The Morgan fingerprint density at radius 2 is 0.472 bits per heavy atom. The van der Waals surface area contributed by atoms with Gasteiger partial charge in [0.15, 0.2) is 12.2 Å². The second kappa shape index (κ2) is 80.0. The number of hydrogen-bond acceptors (Lipinski definition) is 15. The van der Waals surface area contributed by atoms with Gasteiger partial charge in [-0.25, -0.2) is 9.13 Å². The number of rotatable bonds is 78. The molecule has 0 aromatic carbocycles. The van der Waals surface area contributed by atoms with Crippen LogP contribution >= 0.6 is 15.6 Å². The van der Waals surface area contributed by atoms with Gasteiger partial charge < -0.3 is 33.8 Å². The molecule has 0 spiro atoms.